The van der Waals surface area contributed by atoms with Crippen molar-refractivity contribution in [2.45, 2.75) is 13.0 Å². The highest BCUT2D eigenvalue weighted by Crippen LogP contribution is 2.10. The third-order valence-electron chi connectivity index (χ3n) is 3.37. The summed E-state index contributed by atoms with van der Waals surface area (Å²) in [6.07, 6.45) is 4.78. The fourth-order valence-corrected chi connectivity index (χ4v) is 2.06. The molecule has 1 aromatic carbocycles. The van der Waals surface area contributed by atoms with Crippen molar-refractivity contribution in [3.8, 4) is 0 Å². The number of hydrogen-bond acceptors (Lipinski definition) is 5. The van der Waals surface area contributed by atoms with Crippen LogP contribution in [0.2, 0.25) is 0 Å². The fourth-order valence-electron chi connectivity index (χ4n) is 2.06. The highest BCUT2D eigenvalue weighted by Gasteiger charge is 2.13. The van der Waals surface area contributed by atoms with Crippen molar-refractivity contribution in [2.75, 3.05) is 13.7 Å². The summed E-state index contributed by atoms with van der Waals surface area (Å²) < 4.78 is 23.0. The molecular weight excluding hydrogens is 339 g/mol. The van der Waals surface area contributed by atoms with Gasteiger partial charge in [0.25, 0.3) is 0 Å². The van der Waals surface area contributed by atoms with Crippen LogP contribution in [-0.2, 0) is 16.1 Å². The second-order valence-corrected chi connectivity index (χ2v) is 5.28. The van der Waals surface area contributed by atoms with E-state index >= 15 is 0 Å². The number of ether oxygens (including phenoxy) is 2. The Morgan fingerprint density at radius 2 is 2.04 bits per heavy atom. The van der Waals surface area contributed by atoms with E-state index in [4.69, 9.17) is 4.74 Å². The van der Waals surface area contributed by atoms with Crippen LogP contribution in [0.15, 0.2) is 48.7 Å². The van der Waals surface area contributed by atoms with Gasteiger partial charge in [0, 0.05) is 12.7 Å². The van der Waals surface area contributed by atoms with Gasteiger partial charge in [-0.05, 0) is 23.6 Å². The van der Waals surface area contributed by atoms with E-state index < -0.39 is 18.0 Å². The summed E-state index contributed by atoms with van der Waals surface area (Å²) in [5, 5.41) is 2.62. The van der Waals surface area contributed by atoms with Crippen LogP contribution in [-0.4, -0.2) is 30.7 Å². The largest absolute Gasteiger partial charge is 0.465 e. The highest BCUT2D eigenvalue weighted by atomic mass is 19.1. The number of hydrogen-bond donors (Lipinski definition) is 1. The van der Waals surface area contributed by atoms with Crippen LogP contribution in [0.25, 0.3) is 6.08 Å². The molecule has 0 aliphatic carbocycles. The first kappa shape index (κ1) is 19.1. The van der Waals surface area contributed by atoms with E-state index in [2.05, 4.69) is 15.0 Å². The lowest BCUT2D eigenvalue weighted by Gasteiger charge is -2.06. The van der Waals surface area contributed by atoms with E-state index in [1.807, 2.05) is 30.3 Å². The summed E-state index contributed by atoms with van der Waals surface area (Å²) in [6, 6.07) is 10.7. The predicted molar refractivity (Wildman–Crippen MR) is 93.8 cm³/mol. The van der Waals surface area contributed by atoms with E-state index in [1.165, 1.54) is 19.4 Å². The quantitative estimate of drug-likeness (QED) is 0.467. The molecule has 0 radical (unpaired) electrons. The first-order valence-electron chi connectivity index (χ1n) is 7.95. The number of esters is 1. The molecule has 0 aliphatic rings. The minimum Gasteiger partial charge on any atom is -0.465 e. The lowest BCUT2D eigenvalue weighted by Crippen LogP contribution is -2.24. The van der Waals surface area contributed by atoms with Crippen LogP contribution in [0.3, 0.4) is 0 Å². The van der Waals surface area contributed by atoms with Crippen LogP contribution in [0.1, 0.15) is 27.9 Å². The molecule has 0 aliphatic heterocycles. The zero-order chi connectivity index (χ0) is 18.8. The number of amides is 1. The molecule has 0 spiro atoms. The fraction of sp³-hybridized carbons (Fsp3) is 0.211. The summed E-state index contributed by atoms with van der Waals surface area (Å²) in [6.45, 7) is 0.586. The Labute approximate surface area is 150 Å². The molecule has 7 heteroatoms. The lowest BCUT2D eigenvalue weighted by molar-refractivity contribution is 0.0594. The number of carbonyl (C=O) groups is 2. The van der Waals surface area contributed by atoms with E-state index in [9.17, 15) is 14.0 Å². The summed E-state index contributed by atoms with van der Waals surface area (Å²) in [5.74, 6) is -1.66. The van der Waals surface area contributed by atoms with Crippen molar-refractivity contribution in [3.63, 3.8) is 0 Å². The van der Waals surface area contributed by atoms with Crippen LogP contribution >= 0.6 is 0 Å². The highest BCUT2D eigenvalue weighted by molar-refractivity contribution is 5.89. The van der Waals surface area contributed by atoms with Gasteiger partial charge in [0.2, 0.25) is 5.95 Å². The number of pyridine rings is 1. The van der Waals surface area contributed by atoms with Gasteiger partial charge in [-0.2, -0.15) is 4.39 Å². The first-order chi connectivity index (χ1) is 12.6. The van der Waals surface area contributed by atoms with Crippen molar-refractivity contribution < 1.29 is 23.5 Å². The van der Waals surface area contributed by atoms with E-state index in [0.717, 1.165) is 5.56 Å². The van der Waals surface area contributed by atoms with Gasteiger partial charge in [-0.15, -0.1) is 0 Å². The minimum atomic E-state index is -0.878. The van der Waals surface area contributed by atoms with E-state index in [0.29, 0.717) is 18.5 Å². The summed E-state index contributed by atoms with van der Waals surface area (Å²) in [5.41, 5.74) is 1.24. The number of alkyl carbamates (subject to hydrolysis) is 1. The molecule has 1 amide bonds. The lowest BCUT2D eigenvalue weighted by atomic mass is 10.2. The Bertz CT molecular complexity index is 778. The predicted octanol–water partition coefficient (Wildman–Crippen LogP) is 3.34. The summed E-state index contributed by atoms with van der Waals surface area (Å²) >= 11 is 0. The zero-order valence-corrected chi connectivity index (χ0v) is 14.3. The number of halogens is 1. The van der Waals surface area contributed by atoms with Gasteiger partial charge < -0.3 is 14.8 Å². The average molecular weight is 358 g/mol. The van der Waals surface area contributed by atoms with Crippen molar-refractivity contribution in [1.29, 1.82) is 0 Å². The van der Waals surface area contributed by atoms with E-state index in [1.54, 1.807) is 12.2 Å². The van der Waals surface area contributed by atoms with Crippen LogP contribution in [0, 0.1) is 5.95 Å². The second kappa shape index (κ2) is 9.93. The number of rotatable bonds is 7. The molecular formula is C19H19FN2O4. The number of carbonyl (C=O) groups excluding carboxylic acids is 2. The molecule has 136 valence electrons. The Morgan fingerprint density at radius 1 is 1.27 bits per heavy atom. The summed E-state index contributed by atoms with van der Waals surface area (Å²) in [4.78, 5) is 26.5. The molecule has 6 nitrogen and oxygen atoms in total. The maximum absolute atomic E-state index is 13.4. The topological polar surface area (TPSA) is 77.5 Å². The van der Waals surface area contributed by atoms with Crippen molar-refractivity contribution in [3.05, 3.63) is 71.3 Å². The molecule has 0 atom stereocenters. The number of nitrogens with zero attached hydrogens (tertiary/aromatic N) is 1. The molecule has 26 heavy (non-hydrogen) atoms. The SMILES string of the molecule is COC(=O)c1cc(C=CCCNC(=O)OCc2ccccc2)cnc1F. The molecule has 0 saturated heterocycles. The molecule has 0 fully saturated rings. The molecule has 1 aromatic heterocycles. The third-order valence-corrected chi connectivity index (χ3v) is 3.37. The molecule has 1 heterocycles. The van der Waals surface area contributed by atoms with E-state index in [-0.39, 0.29) is 12.2 Å². The van der Waals surface area contributed by atoms with Gasteiger partial charge in [0.15, 0.2) is 0 Å². The molecule has 1 N–H and O–H groups in total. The Morgan fingerprint density at radius 3 is 2.77 bits per heavy atom. The number of aromatic nitrogens is 1. The molecule has 0 saturated carbocycles. The summed E-state index contributed by atoms with van der Waals surface area (Å²) in [7, 11) is 1.17. The van der Waals surface area contributed by atoms with Crippen molar-refractivity contribution in [1.82, 2.24) is 10.3 Å². The first-order valence-corrected chi connectivity index (χ1v) is 7.95. The van der Waals surface area contributed by atoms with Crippen molar-refractivity contribution >= 4 is 18.1 Å². The van der Waals surface area contributed by atoms with Crippen LogP contribution in [0.4, 0.5) is 9.18 Å². The monoisotopic (exact) mass is 358 g/mol. The Balaban J connectivity index is 1.74. The molecule has 2 aromatic rings. The van der Waals surface area contributed by atoms with Crippen LogP contribution < -0.4 is 5.32 Å². The Kier molecular flexibility index (Phi) is 7.30. The van der Waals surface area contributed by atoms with Gasteiger partial charge in [-0.1, -0.05) is 42.5 Å². The van der Waals surface area contributed by atoms with Crippen LogP contribution in [0.5, 0.6) is 0 Å². The standard InChI is InChI=1S/C19H19FN2O4/c1-25-18(23)16-11-15(12-22-17(16)20)9-5-6-10-21-19(24)26-13-14-7-3-2-4-8-14/h2-5,7-9,11-12H,6,10,13H2,1H3,(H,21,24). The Hall–Kier alpha value is -3.22. The molecule has 0 bridgehead atoms. The van der Waals surface area contributed by atoms with Crippen molar-refractivity contribution in [2.24, 2.45) is 0 Å². The molecule has 0 unspecified atom stereocenters. The average Bonchev–Trinajstić information content (AvgIpc) is 2.67. The van der Waals surface area contributed by atoms with Gasteiger partial charge in [0.1, 0.15) is 12.2 Å². The maximum Gasteiger partial charge on any atom is 0.407 e. The normalized spacial score (nSPS) is 10.5. The number of nitrogens with one attached hydrogen (secondary N) is 1. The molecule has 2 rings (SSSR count). The zero-order valence-electron chi connectivity index (χ0n) is 14.3. The number of methoxy groups -OCH3 is 1. The second-order valence-electron chi connectivity index (χ2n) is 5.28. The maximum atomic E-state index is 13.4. The third kappa shape index (κ3) is 6.01. The number of benzene rings is 1. The van der Waals surface area contributed by atoms with Gasteiger partial charge in [-0.25, -0.2) is 14.6 Å². The van der Waals surface area contributed by atoms with Gasteiger partial charge >= 0.3 is 12.1 Å². The van der Waals surface area contributed by atoms with Gasteiger partial charge in [-0.3, -0.25) is 0 Å². The van der Waals surface area contributed by atoms with Gasteiger partial charge in [0.05, 0.1) is 7.11 Å². The smallest absolute Gasteiger partial charge is 0.407 e. The minimum absolute atomic E-state index is 0.208.